The highest BCUT2D eigenvalue weighted by molar-refractivity contribution is 9.10. The Hall–Kier alpha value is -0.630. The van der Waals surface area contributed by atoms with E-state index in [1.165, 1.54) is 18.4 Å². The van der Waals surface area contributed by atoms with Crippen LogP contribution in [0, 0.1) is 0 Å². The second-order valence-corrected chi connectivity index (χ2v) is 7.93. The molecule has 0 aromatic heterocycles. The van der Waals surface area contributed by atoms with E-state index in [0.29, 0.717) is 6.54 Å². The minimum absolute atomic E-state index is 0.0330. The van der Waals surface area contributed by atoms with Gasteiger partial charge in [0.05, 0.1) is 5.75 Å². The highest BCUT2D eigenvalue weighted by Crippen LogP contribution is 2.29. The van der Waals surface area contributed by atoms with Crippen molar-refractivity contribution < 1.29 is 13.5 Å². The maximum atomic E-state index is 11.7. The van der Waals surface area contributed by atoms with Gasteiger partial charge in [-0.2, -0.15) is 0 Å². The topological polar surface area (TPSA) is 69.6 Å². The number of hydrogen-bond acceptors (Lipinski definition) is 4. The molecular formula is C13H21BrN2O3S. The Morgan fingerprint density at radius 3 is 2.60 bits per heavy atom. The van der Waals surface area contributed by atoms with Gasteiger partial charge >= 0.3 is 0 Å². The molecule has 5 nitrogen and oxygen atoms in total. The molecule has 114 valence electrons. The number of hydrogen-bond donors (Lipinski definition) is 2. The third-order valence-electron chi connectivity index (χ3n) is 3.08. The molecule has 0 aliphatic carbocycles. The van der Waals surface area contributed by atoms with E-state index >= 15 is 0 Å². The number of halogens is 1. The normalized spacial score (nSPS) is 13.7. The molecule has 0 bridgehead atoms. The lowest BCUT2D eigenvalue weighted by atomic mass is 10.0. The van der Waals surface area contributed by atoms with Gasteiger partial charge in [-0.25, -0.2) is 12.7 Å². The first-order chi connectivity index (χ1) is 9.27. The van der Waals surface area contributed by atoms with Crippen LogP contribution in [-0.4, -0.2) is 44.2 Å². The van der Waals surface area contributed by atoms with Crippen LogP contribution in [0.1, 0.15) is 24.9 Å². The standard InChI is InChI=1S/C13H21BrN2O3S/c1-4-12(11-9-10(14)5-6-13(11)17)15-7-8-20(18,19)16(2)3/h5-6,9,12,15,17H,4,7-8H2,1-3H3. The van der Waals surface area contributed by atoms with Gasteiger partial charge in [0, 0.05) is 36.7 Å². The van der Waals surface area contributed by atoms with Crippen molar-refractivity contribution in [2.24, 2.45) is 0 Å². The smallest absolute Gasteiger partial charge is 0.214 e. The van der Waals surface area contributed by atoms with Crippen molar-refractivity contribution in [2.75, 3.05) is 26.4 Å². The third kappa shape index (κ3) is 4.73. The molecule has 1 unspecified atom stereocenters. The zero-order valence-electron chi connectivity index (χ0n) is 11.9. The summed E-state index contributed by atoms with van der Waals surface area (Å²) in [5, 5.41) is 13.1. The van der Waals surface area contributed by atoms with Crippen molar-refractivity contribution in [1.82, 2.24) is 9.62 Å². The summed E-state index contributed by atoms with van der Waals surface area (Å²) in [5.74, 6) is 0.244. The third-order valence-corrected chi connectivity index (χ3v) is 5.41. The fraction of sp³-hybridized carbons (Fsp3) is 0.538. The second kappa shape index (κ2) is 7.40. The molecule has 2 N–H and O–H groups in total. The Bertz CT molecular complexity index is 547. The Morgan fingerprint density at radius 2 is 2.05 bits per heavy atom. The highest BCUT2D eigenvalue weighted by atomic mass is 79.9. The van der Waals surface area contributed by atoms with Crippen LogP contribution in [-0.2, 0) is 10.0 Å². The summed E-state index contributed by atoms with van der Waals surface area (Å²) in [6.07, 6.45) is 0.756. The molecule has 1 aromatic carbocycles. The fourth-order valence-electron chi connectivity index (χ4n) is 1.82. The first-order valence-electron chi connectivity index (χ1n) is 6.40. The first kappa shape index (κ1) is 17.4. The molecule has 0 aliphatic heterocycles. The summed E-state index contributed by atoms with van der Waals surface area (Å²) in [6.45, 7) is 2.32. The molecule has 1 atom stereocenters. The Balaban J connectivity index is 2.71. The summed E-state index contributed by atoms with van der Waals surface area (Å²) >= 11 is 3.37. The number of sulfonamides is 1. The minimum atomic E-state index is -3.20. The monoisotopic (exact) mass is 364 g/mol. The fourth-order valence-corrected chi connectivity index (χ4v) is 2.94. The van der Waals surface area contributed by atoms with Gasteiger partial charge in [0.25, 0.3) is 0 Å². The average Bonchev–Trinajstić information content (AvgIpc) is 2.37. The van der Waals surface area contributed by atoms with Gasteiger partial charge in [-0.1, -0.05) is 22.9 Å². The molecule has 0 radical (unpaired) electrons. The Morgan fingerprint density at radius 1 is 1.40 bits per heavy atom. The Labute approximate surface area is 129 Å². The van der Waals surface area contributed by atoms with Crippen LogP contribution in [0.4, 0.5) is 0 Å². The number of phenolic OH excluding ortho intramolecular Hbond substituents is 1. The molecule has 20 heavy (non-hydrogen) atoms. The van der Waals surface area contributed by atoms with E-state index in [1.807, 2.05) is 13.0 Å². The maximum absolute atomic E-state index is 11.7. The lowest BCUT2D eigenvalue weighted by molar-refractivity contribution is 0.443. The maximum Gasteiger partial charge on any atom is 0.214 e. The van der Waals surface area contributed by atoms with Crippen molar-refractivity contribution in [3.8, 4) is 5.75 Å². The van der Waals surface area contributed by atoms with E-state index in [9.17, 15) is 13.5 Å². The number of aromatic hydroxyl groups is 1. The quantitative estimate of drug-likeness (QED) is 0.776. The molecule has 0 fully saturated rings. The zero-order chi connectivity index (χ0) is 15.3. The largest absolute Gasteiger partial charge is 0.508 e. The minimum Gasteiger partial charge on any atom is -0.508 e. The zero-order valence-corrected chi connectivity index (χ0v) is 14.3. The summed E-state index contributed by atoms with van der Waals surface area (Å²) in [4.78, 5) is 0. The van der Waals surface area contributed by atoms with Gasteiger partial charge in [0.2, 0.25) is 10.0 Å². The predicted molar refractivity (Wildman–Crippen MR) is 84.3 cm³/mol. The van der Waals surface area contributed by atoms with Gasteiger partial charge in [-0.3, -0.25) is 0 Å². The van der Waals surface area contributed by atoms with Crippen LogP contribution in [0.25, 0.3) is 0 Å². The van der Waals surface area contributed by atoms with Crippen LogP contribution < -0.4 is 5.32 Å². The van der Waals surface area contributed by atoms with Crippen LogP contribution in [0.5, 0.6) is 5.75 Å². The SMILES string of the molecule is CCC(NCCS(=O)(=O)N(C)C)c1cc(Br)ccc1O. The summed E-state index contributed by atoms with van der Waals surface area (Å²) in [6, 6.07) is 5.16. The van der Waals surface area contributed by atoms with E-state index in [4.69, 9.17) is 0 Å². The average molecular weight is 365 g/mol. The van der Waals surface area contributed by atoms with Crippen LogP contribution in [0.15, 0.2) is 22.7 Å². The van der Waals surface area contributed by atoms with Crippen molar-refractivity contribution in [2.45, 2.75) is 19.4 Å². The first-order valence-corrected chi connectivity index (χ1v) is 8.80. The lowest BCUT2D eigenvalue weighted by Gasteiger charge is -2.19. The van der Waals surface area contributed by atoms with Gasteiger partial charge in [0.15, 0.2) is 0 Å². The van der Waals surface area contributed by atoms with E-state index in [2.05, 4.69) is 21.2 Å². The Kier molecular flexibility index (Phi) is 6.44. The number of nitrogens with one attached hydrogen (secondary N) is 1. The number of rotatable bonds is 7. The number of phenols is 1. The van der Waals surface area contributed by atoms with E-state index in [0.717, 1.165) is 16.5 Å². The molecule has 7 heteroatoms. The molecule has 0 amide bonds. The summed E-state index contributed by atoms with van der Waals surface area (Å²) in [5.41, 5.74) is 0.768. The predicted octanol–water partition coefficient (Wildman–Crippen LogP) is 2.09. The molecule has 0 saturated carbocycles. The van der Waals surface area contributed by atoms with Gasteiger partial charge in [-0.05, 0) is 24.6 Å². The van der Waals surface area contributed by atoms with Crippen LogP contribution >= 0.6 is 15.9 Å². The molecule has 0 saturated heterocycles. The van der Waals surface area contributed by atoms with E-state index in [1.54, 1.807) is 12.1 Å². The molecular weight excluding hydrogens is 344 g/mol. The van der Waals surface area contributed by atoms with Gasteiger partial charge in [0.1, 0.15) is 5.75 Å². The number of nitrogens with zero attached hydrogens (tertiary/aromatic N) is 1. The molecule has 0 aliphatic rings. The van der Waals surface area contributed by atoms with Crippen LogP contribution in [0.2, 0.25) is 0 Å². The lowest BCUT2D eigenvalue weighted by Crippen LogP contribution is -2.32. The van der Waals surface area contributed by atoms with Crippen molar-refractivity contribution in [3.63, 3.8) is 0 Å². The number of benzene rings is 1. The van der Waals surface area contributed by atoms with E-state index in [-0.39, 0.29) is 17.5 Å². The summed E-state index contributed by atoms with van der Waals surface area (Å²) in [7, 11) is -0.162. The van der Waals surface area contributed by atoms with Gasteiger partial charge in [-0.15, -0.1) is 0 Å². The summed E-state index contributed by atoms with van der Waals surface area (Å²) < 4.78 is 25.5. The van der Waals surface area contributed by atoms with Crippen molar-refractivity contribution in [3.05, 3.63) is 28.2 Å². The second-order valence-electron chi connectivity index (χ2n) is 4.72. The highest BCUT2D eigenvalue weighted by Gasteiger charge is 2.17. The molecule has 0 spiro atoms. The van der Waals surface area contributed by atoms with Gasteiger partial charge < -0.3 is 10.4 Å². The van der Waals surface area contributed by atoms with E-state index < -0.39 is 10.0 Å². The molecule has 1 rings (SSSR count). The van der Waals surface area contributed by atoms with Crippen molar-refractivity contribution >= 4 is 26.0 Å². The molecule has 1 aromatic rings. The van der Waals surface area contributed by atoms with Crippen LogP contribution in [0.3, 0.4) is 0 Å². The molecule has 0 heterocycles. The van der Waals surface area contributed by atoms with Crippen molar-refractivity contribution in [1.29, 1.82) is 0 Å².